The number of hydrogen-bond acceptors (Lipinski definition) is 9. The Morgan fingerprint density at radius 3 is 1.52 bits per heavy atom. The zero-order valence-electron chi connectivity index (χ0n) is 54.2. The van der Waals surface area contributed by atoms with Crippen LogP contribution in [0.5, 0.6) is 28.7 Å². The second-order valence-electron chi connectivity index (χ2n) is 22.9. The van der Waals surface area contributed by atoms with E-state index in [0.717, 1.165) is 120 Å². The van der Waals surface area contributed by atoms with E-state index < -0.39 is 0 Å². The first-order chi connectivity index (χ1) is 44.2. The summed E-state index contributed by atoms with van der Waals surface area (Å²) in [5.74, 6) is 5.07. The predicted molar refractivity (Wildman–Crippen MR) is 370 cm³/mol. The molecule has 0 amide bonds. The van der Waals surface area contributed by atoms with Crippen LogP contribution in [0, 0.1) is 30.0 Å². The van der Waals surface area contributed by atoms with E-state index in [0.29, 0.717) is 25.0 Å². The largest absolute Gasteiger partial charge is 0.497 e. The molecule has 0 unspecified atom stereocenters. The van der Waals surface area contributed by atoms with Gasteiger partial charge in [0.05, 0.1) is 34.0 Å². The first-order valence-electron chi connectivity index (χ1n) is 31.6. The minimum Gasteiger partial charge on any atom is -0.497 e. The quantitative estimate of drug-likeness (QED) is 0.0388. The number of pyridine rings is 3. The van der Waals surface area contributed by atoms with Gasteiger partial charge >= 0.3 is 0 Å². The number of fused-ring (bicyclic) bond motifs is 1. The fourth-order valence-electron chi connectivity index (χ4n) is 10.2. The molecule has 3 heterocycles. The molecule has 3 aromatic heterocycles. The number of anilines is 3. The van der Waals surface area contributed by atoms with E-state index in [1.54, 1.807) is 26.6 Å². The normalized spacial score (nSPS) is 10.5. The molecule has 0 saturated heterocycles. The molecule has 11 aromatic rings. The molecule has 0 aliphatic rings. The van der Waals surface area contributed by atoms with Crippen LogP contribution >= 0.6 is 0 Å². The van der Waals surface area contributed by atoms with Crippen molar-refractivity contribution >= 4 is 27.8 Å². The molecular formula is C81H83Ir3N4O5-3. The summed E-state index contributed by atoms with van der Waals surface area (Å²) in [6.45, 7) is 12.9. The Morgan fingerprint density at radius 2 is 0.925 bits per heavy atom. The van der Waals surface area contributed by atoms with Gasteiger partial charge < -0.3 is 43.5 Å². The molecule has 93 heavy (non-hydrogen) atoms. The first-order valence-corrected chi connectivity index (χ1v) is 31.6. The Hall–Kier alpha value is -7.78. The van der Waals surface area contributed by atoms with Gasteiger partial charge in [-0.3, -0.25) is 0 Å². The monoisotopic (exact) mass is 1770 g/mol. The number of benzene rings is 8. The summed E-state index contributed by atoms with van der Waals surface area (Å²) in [4.78, 5) is 15.7. The SMILES string of the molecule is CC(C)COc1ccc(-c2cc[c-]c(-c3ccccn3)c2)cc1OCC(C)C.CCCCCCCCCCOc1cccc(-c2cc[c-]c(-c3nccc4ccccc34)c2)c1.COc1ccc(N(c2ccc(OC)cc2)c2cc[c-]c(-c3ccccn3)c2)cc1.[Ir].[Ir].[Ir]. The second kappa shape index (κ2) is 39.7. The van der Waals surface area contributed by atoms with Crippen LogP contribution in [-0.2, 0) is 60.3 Å². The Balaban J connectivity index is 0.000000219. The van der Waals surface area contributed by atoms with Gasteiger partial charge in [-0.15, -0.1) is 101 Å². The van der Waals surface area contributed by atoms with Crippen molar-refractivity contribution in [2.45, 2.75) is 86.0 Å². The molecule has 3 radical (unpaired) electrons. The number of rotatable bonds is 26. The van der Waals surface area contributed by atoms with Crippen LogP contribution in [0.3, 0.4) is 0 Å². The fraction of sp³-hybridized carbons (Fsp3) is 0.247. The van der Waals surface area contributed by atoms with Gasteiger partial charge in [0.2, 0.25) is 0 Å². The van der Waals surface area contributed by atoms with E-state index in [1.165, 1.54) is 50.3 Å². The van der Waals surface area contributed by atoms with Crippen molar-refractivity contribution < 1.29 is 84.0 Å². The number of nitrogens with zero attached hydrogens (tertiary/aromatic N) is 4. The minimum atomic E-state index is 0. The van der Waals surface area contributed by atoms with Crippen LogP contribution in [0.2, 0.25) is 0 Å². The fourth-order valence-corrected chi connectivity index (χ4v) is 10.2. The van der Waals surface area contributed by atoms with Crippen molar-refractivity contribution in [2.24, 2.45) is 11.8 Å². The van der Waals surface area contributed by atoms with Gasteiger partial charge in [0.1, 0.15) is 17.2 Å². The van der Waals surface area contributed by atoms with Crippen molar-refractivity contribution in [3.63, 3.8) is 0 Å². The van der Waals surface area contributed by atoms with Crippen molar-refractivity contribution in [3.8, 4) is 84.8 Å². The number of methoxy groups -OCH3 is 2. The van der Waals surface area contributed by atoms with Crippen LogP contribution in [0.1, 0.15) is 86.0 Å². The van der Waals surface area contributed by atoms with E-state index >= 15 is 0 Å². The number of ether oxygens (including phenoxy) is 5. The molecule has 0 aliphatic carbocycles. The summed E-state index contributed by atoms with van der Waals surface area (Å²) in [6.07, 6.45) is 16.0. The molecule has 11 rings (SSSR count). The average Bonchev–Trinajstić information content (AvgIpc) is 1.94. The van der Waals surface area contributed by atoms with E-state index in [1.807, 2.05) is 121 Å². The smallest absolute Gasteiger partial charge is 0.161 e. The van der Waals surface area contributed by atoms with E-state index in [4.69, 9.17) is 23.7 Å². The summed E-state index contributed by atoms with van der Waals surface area (Å²) >= 11 is 0. The number of aromatic nitrogens is 3. The summed E-state index contributed by atoms with van der Waals surface area (Å²) in [5.41, 5.74) is 13.2. The molecule has 0 fully saturated rings. The molecule has 9 nitrogen and oxygen atoms in total. The maximum absolute atomic E-state index is 6.07. The third-order valence-corrected chi connectivity index (χ3v) is 15.0. The summed E-state index contributed by atoms with van der Waals surface area (Å²) < 4.78 is 28.7. The van der Waals surface area contributed by atoms with Gasteiger partial charge in [-0.1, -0.05) is 146 Å². The Morgan fingerprint density at radius 1 is 0.398 bits per heavy atom. The van der Waals surface area contributed by atoms with Gasteiger partial charge in [-0.2, -0.15) is 0 Å². The maximum atomic E-state index is 6.07. The van der Waals surface area contributed by atoms with E-state index in [2.05, 4.69) is 170 Å². The van der Waals surface area contributed by atoms with Gasteiger partial charge in [0.15, 0.2) is 11.5 Å². The zero-order valence-corrected chi connectivity index (χ0v) is 61.4. The van der Waals surface area contributed by atoms with Gasteiger partial charge in [-0.25, -0.2) is 0 Å². The molecule has 0 bridgehead atoms. The van der Waals surface area contributed by atoms with Gasteiger partial charge in [0.25, 0.3) is 0 Å². The van der Waals surface area contributed by atoms with Crippen molar-refractivity contribution in [2.75, 3.05) is 38.9 Å². The van der Waals surface area contributed by atoms with Crippen LogP contribution in [0.4, 0.5) is 17.1 Å². The molecular weight excluding hydrogens is 1690 g/mol. The number of hydrogen-bond donors (Lipinski definition) is 0. The average molecular weight is 1770 g/mol. The third-order valence-electron chi connectivity index (χ3n) is 15.0. The van der Waals surface area contributed by atoms with Crippen molar-refractivity contribution in [1.82, 2.24) is 15.0 Å². The standard InChI is InChI=1S/C31H34NO.C25H21N2O2.C25H28NO2.3Ir/c1-2-3-4-5-6-7-8-11-22-33-29-18-13-16-27(24-29)26-15-12-17-28(23-26)31-30-19-10-9-14-25(30)20-21-32-31;1-28-23-13-9-20(10-14-23)27(21-11-15-24(29-2)16-12-21)22-7-5-6-19(18-22)25-8-3-4-17-26-25;1-18(2)16-27-24-12-11-21(15-25(24)28-17-19(3)4)20-8-7-9-22(14-20)23-10-5-6-13-26-23;;;/h9-10,12-16,18-21,23-24H,2-8,11,22H2,1H3;3-5,7-18H,1-2H3;5-8,10-15,18-19H,16-17H2,1-4H3;;;/q3*-1;;;. The second-order valence-corrected chi connectivity index (χ2v) is 22.9. The Kier molecular flexibility index (Phi) is 31.7. The molecule has 8 aromatic carbocycles. The Bertz CT molecular complexity index is 3880. The van der Waals surface area contributed by atoms with Gasteiger partial charge in [0, 0.05) is 90.3 Å². The van der Waals surface area contributed by atoms with E-state index in [9.17, 15) is 0 Å². The van der Waals surface area contributed by atoms with E-state index in [-0.39, 0.29) is 60.3 Å². The zero-order chi connectivity index (χ0) is 62.7. The maximum Gasteiger partial charge on any atom is 0.161 e. The molecule has 0 aliphatic heterocycles. The minimum absolute atomic E-state index is 0. The van der Waals surface area contributed by atoms with Crippen LogP contribution < -0.4 is 28.6 Å². The molecule has 0 atom stereocenters. The van der Waals surface area contributed by atoms with Crippen LogP contribution in [-0.4, -0.2) is 49.0 Å². The number of unbranched alkanes of at least 4 members (excludes halogenated alkanes) is 7. The molecule has 0 saturated carbocycles. The summed E-state index contributed by atoms with van der Waals surface area (Å²) in [7, 11) is 3.34. The topological polar surface area (TPSA) is 88.1 Å². The van der Waals surface area contributed by atoms with Gasteiger partial charge in [-0.05, 0) is 154 Å². The third kappa shape index (κ3) is 22.5. The molecule has 12 heteroatoms. The van der Waals surface area contributed by atoms with Crippen LogP contribution in [0.15, 0.2) is 231 Å². The Labute approximate surface area is 592 Å². The molecule has 487 valence electrons. The van der Waals surface area contributed by atoms with Crippen LogP contribution in [0.25, 0.3) is 66.8 Å². The predicted octanol–water partition coefficient (Wildman–Crippen LogP) is 21.2. The first kappa shape index (κ1) is 74.3. The summed E-state index contributed by atoms with van der Waals surface area (Å²) in [5, 5.41) is 2.34. The molecule has 0 N–H and O–H groups in total. The summed E-state index contributed by atoms with van der Waals surface area (Å²) in [6, 6.07) is 81.1. The molecule has 0 spiro atoms. The van der Waals surface area contributed by atoms with Crippen molar-refractivity contribution in [3.05, 3.63) is 249 Å². The van der Waals surface area contributed by atoms with Crippen molar-refractivity contribution in [1.29, 1.82) is 0 Å².